The number of rotatable bonds is 2. The molecule has 0 atom stereocenters. The molecule has 0 unspecified atom stereocenters. The number of sulfonamides is 1. The van der Waals surface area contributed by atoms with E-state index in [0.29, 0.717) is 28.0 Å². The molecule has 0 amide bonds. The SMILES string of the molecule is CC(C)(C)c1oc2ccc(NS(C)(=O)=O)cc2c1C#N. The average molecular weight is 292 g/mol. The van der Waals surface area contributed by atoms with Crippen LogP contribution in [-0.4, -0.2) is 14.7 Å². The van der Waals surface area contributed by atoms with Gasteiger partial charge in [0.05, 0.1) is 6.26 Å². The third-order valence-corrected chi connectivity index (χ3v) is 3.39. The average Bonchev–Trinajstić information content (AvgIpc) is 2.64. The fraction of sp³-hybridized carbons (Fsp3) is 0.357. The highest BCUT2D eigenvalue weighted by atomic mass is 32.2. The number of nitriles is 1. The Kier molecular flexibility index (Phi) is 3.26. The molecule has 5 nitrogen and oxygen atoms in total. The van der Waals surface area contributed by atoms with Gasteiger partial charge < -0.3 is 4.42 Å². The molecule has 0 bridgehead atoms. The maximum absolute atomic E-state index is 11.3. The quantitative estimate of drug-likeness (QED) is 0.922. The summed E-state index contributed by atoms with van der Waals surface area (Å²) in [6.07, 6.45) is 1.08. The van der Waals surface area contributed by atoms with Crippen LogP contribution in [0.15, 0.2) is 22.6 Å². The topological polar surface area (TPSA) is 83.1 Å². The van der Waals surface area contributed by atoms with Crippen LogP contribution in [0.25, 0.3) is 11.0 Å². The molecule has 1 heterocycles. The Bertz CT molecular complexity index is 805. The molecule has 0 radical (unpaired) electrons. The van der Waals surface area contributed by atoms with Crippen molar-refractivity contribution in [3.05, 3.63) is 29.5 Å². The first kappa shape index (κ1) is 14.4. The molecule has 0 saturated heterocycles. The fourth-order valence-electron chi connectivity index (χ4n) is 2.01. The lowest BCUT2D eigenvalue weighted by Crippen LogP contribution is -2.11. The standard InChI is InChI=1S/C14H16N2O3S/c1-14(2,3)13-11(8-15)10-7-9(16-20(4,17)18)5-6-12(10)19-13/h5-7,16H,1-4H3. The van der Waals surface area contributed by atoms with Crippen LogP contribution < -0.4 is 4.72 Å². The van der Waals surface area contributed by atoms with Crippen LogP contribution in [0.2, 0.25) is 0 Å². The Labute approximate surface area is 118 Å². The summed E-state index contributed by atoms with van der Waals surface area (Å²) in [5, 5.41) is 9.96. The van der Waals surface area contributed by atoms with E-state index >= 15 is 0 Å². The van der Waals surface area contributed by atoms with Crippen molar-refractivity contribution >= 4 is 26.7 Å². The number of hydrogen-bond acceptors (Lipinski definition) is 4. The van der Waals surface area contributed by atoms with Gasteiger partial charge in [-0.1, -0.05) is 20.8 Å². The highest BCUT2D eigenvalue weighted by molar-refractivity contribution is 7.92. The summed E-state index contributed by atoms with van der Waals surface area (Å²) in [4.78, 5) is 0. The normalized spacial score (nSPS) is 12.3. The van der Waals surface area contributed by atoms with E-state index in [-0.39, 0.29) is 5.41 Å². The van der Waals surface area contributed by atoms with E-state index in [2.05, 4.69) is 10.8 Å². The molecule has 0 fully saturated rings. The molecular formula is C14H16N2O3S. The highest BCUT2D eigenvalue weighted by Gasteiger charge is 2.25. The van der Waals surface area contributed by atoms with E-state index in [0.717, 1.165) is 6.26 Å². The number of nitrogens with zero attached hydrogens (tertiary/aromatic N) is 1. The van der Waals surface area contributed by atoms with Gasteiger partial charge in [0.15, 0.2) is 0 Å². The predicted molar refractivity (Wildman–Crippen MR) is 78.1 cm³/mol. The Morgan fingerprint density at radius 1 is 1.30 bits per heavy atom. The van der Waals surface area contributed by atoms with Crippen molar-refractivity contribution in [2.24, 2.45) is 0 Å². The second-order valence-electron chi connectivity index (χ2n) is 5.75. The van der Waals surface area contributed by atoms with Crippen LogP contribution in [-0.2, 0) is 15.4 Å². The molecule has 0 spiro atoms. The Balaban J connectivity index is 2.67. The minimum absolute atomic E-state index is 0.297. The summed E-state index contributed by atoms with van der Waals surface area (Å²) in [6, 6.07) is 7.04. The van der Waals surface area contributed by atoms with Gasteiger partial charge in [-0.3, -0.25) is 4.72 Å². The van der Waals surface area contributed by atoms with Gasteiger partial charge in [0.25, 0.3) is 0 Å². The lowest BCUT2D eigenvalue weighted by atomic mass is 9.90. The smallest absolute Gasteiger partial charge is 0.229 e. The molecule has 1 aromatic heterocycles. The van der Waals surface area contributed by atoms with Crippen LogP contribution >= 0.6 is 0 Å². The first-order valence-electron chi connectivity index (χ1n) is 6.07. The number of furan rings is 1. The summed E-state index contributed by atoms with van der Waals surface area (Å²) in [7, 11) is -3.35. The van der Waals surface area contributed by atoms with Crippen LogP contribution in [0, 0.1) is 11.3 Å². The third-order valence-electron chi connectivity index (χ3n) is 2.78. The van der Waals surface area contributed by atoms with E-state index in [4.69, 9.17) is 4.42 Å². The molecule has 106 valence electrons. The van der Waals surface area contributed by atoms with Crippen molar-refractivity contribution < 1.29 is 12.8 Å². The van der Waals surface area contributed by atoms with Crippen LogP contribution in [0.5, 0.6) is 0 Å². The van der Waals surface area contributed by atoms with Crippen molar-refractivity contribution in [3.63, 3.8) is 0 Å². The molecular weight excluding hydrogens is 276 g/mol. The number of benzene rings is 1. The summed E-state index contributed by atoms with van der Waals surface area (Å²) >= 11 is 0. The largest absolute Gasteiger partial charge is 0.459 e. The van der Waals surface area contributed by atoms with Crippen LogP contribution in [0.3, 0.4) is 0 Å². The van der Waals surface area contributed by atoms with E-state index in [1.807, 2.05) is 20.8 Å². The number of fused-ring (bicyclic) bond motifs is 1. The number of nitrogens with one attached hydrogen (secondary N) is 1. The van der Waals surface area contributed by atoms with Crippen molar-refractivity contribution in [2.75, 3.05) is 11.0 Å². The fourth-order valence-corrected chi connectivity index (χ4v) is 2.57. The summed E-state index contributed by atoms with van der Waals surface area (Å²) in [5.41, 5.74) is 1.14. The lowest BCUT2D eigenvalue weighted by Gasteiger charge is -2.14. The highest BCUT2D eigenvalue weighted by Crippen LogP contribution is 2.35. The maximum atomic E-state index is 11.3. The van der Waals surface area contributed by atoms with Crippen molar-refractivity contribution in [3.8, 4) is 6.07 Å². The molecule has 0 aliphatic carbocycles. The van der Waals surface area contributed by atoms with Gasteiger partial charge in [-0.2, -0.15) is 5.26 Å². The van der Waals surface area contributed by atoms with Crippen molar-refractivity contribution in [1.29, 1.82) is 5.26 Å². The predicted octanol–water partition coefficient (Wildman–Crippen LogP) is 2.97. The van der Waals surface area contributed by atoms with E-state index in [1.54, 1.807) is 18.2 Å². The first-order valence-corrected chi connectivity index (χ1v) is 7.96. The molecule has 0 aliphatic heterocycles. The molecule has 6 heteroatoms. The Morgan fingerprint density at radius 2 is 1.95 bits per heavy atom. The van der Waals surface area contributed by atoms with Gasteiger partial charge in [-0.25, -0.2) is 8.42 Å². The van der Waals surface area contributed by atoms with Crippen molar-refractivity contribution in [1.82, 2.24) is 0 Å². The van der Waals surface area contributed by atoms with Gasteiger partial charge in [0.1, 0.15) is 23.0 Å². The summed E-state index contributed by atoms with van der Waals surface area (Å²) < 4.78 is 30.6. The summed E-state index contributed by atoms with van der Waals surface area (Å²) in [6.45, 7) is 5.88. The molecule has 1 aromatic carbocycles. The molecule has 2 rings (SSSR count). The van der Waals surface area contributed by atoms with Gasteiger partial charge >= 0.3 is 0 Å². The number of hydrogen-bond donors (Lipinski definition) is 1. The monoisotopic (exact) mass is 292 g/mol. The summed E-state index contributed by atoms with van der Waals surface area (Å²) in [5.74, 6) is 0.603. The number of anilines is 1. The van der Waals surface area contributed by atoms with Crippen LogP contribution in [0.4, 0.5) is 5.69 Å². The first-order chi connectivity index (χ1) is 9.12. The van der Waals surface area contributed by atoms with Crippen molar-refractivity contribution in [2.45, 2.75) is 26.2 Å². The Morgan fingerprint density at radius 3 is 2.45 bits per heavy atom. The van der Waals surface area contributed by atoms with E-state index in [9.17, 15) is 13.7 Å². The third kappa shape index (κ3) is 2.78. The van der Waals surface area contributed by atoms with Gasteiger partial charge in [0, 0.05) is 16.5 Å². The van der Waals surface area contributed by atoms with E-state index < -0.39 is 10.0 Å². The van der Waals surface area contributed by atoms with Gasteiger partial charge in [-0.15, -0.1) is 0 Å². The minimum Gasteiger partial charge on any atom is -0.459 e. The van der Waals surface area contributed by atoms with Crippen LogP contribution in [0.1, 0.15) is 32.1 Å². The van der Waals surface area contributed by atoms with E-state index in [1.165, 1.54) is 0 Å². The molecule has 2 aromatic rings. The van der Waals surface area contributed by atoms with Gasteiger partial charge in [-0.05, 0) is 18.2 Å². The minimum atomic E-state index is -3.35. The second-order valence-corrected chi connectivity index (χ2v) is 7.50. The zero-order valence-corrected chi connectivity index (χ0v) is 12.6. The molecule has 0 saturated carbocycles. The zero-order valence-electron chi connectivity index (χ0n) is 11.8. The Hall–Kier alpha value is -2.00. The second kappa shape index (κ2) is 4.53. The zero-order chi connectivity index (χ0) is 15.1. The molecule has 20 heavy (non-hydrogen) atoms. The molecule has 1 N–H and O–H groups in total. The molecule has 0 aliphatic rings. The van der Waals surface area contributed by atoms with Gasteiger partial charge in [0.2, 0.25) is 10.0 Å². The maximum Gasteiger partial charge on any atom is 0.229 e. The lowest BCUT2D eigenvalue weighted by molar-refractivity contribution is 0.428.